The second-order valence-electron chi connectivity index (χ2n) is 4.73. The van der Waals surface area contributed by atoms with Gasteiger partial charge in [0.25, 0.3) is 0 Å². The number of nitrogens with zero attached hydrogens (tertiary/aromatic N) is 1. The van der Waals surface area contributed by atoms with Crippen LogP contribution in [-0.2, 0) is 11.3 Å². The van der Waals surface area contributed by atoms with E-state index in [0.717, 1.165) is 21.0 Å². The molecule has 5 nitrogen and oxygen atoms in total. The molecule has 118 valence electrons. The molecule has 1 amide bonds. The molecule has 0 aliphatic rings. The van der Waals surface area contributed by atoms with Crippen molar-refractivity contribution in [2.75, 3.05) is 11.9 Å². The molecule has 0 aliphatic heterocycles. The van der Waals surface area contributed by atoms with E-state index >= 15 is 0 Å². The Hall–Kier alpha value is -2.60. The minimum absolute atomic E-state index is 0.342. The van der Waals surface area contributed by atoms with E-state index in [4.69, 9.17) is 9.47 Å². The molecule has 6 heteroatoms. The Labute approximate surface area is 137 Å². The highest BCUT2D eigenvalue weighted by molar-refractivity contribution is 7.18. The van der Waals surface area contributed by atoms with Crippen molar-refractivity contribution in [1.82, 2.24) is 4.98 Å². The highest BCUT2D eigenvalue weighted by atomic mass is 32.1. The molecule has 0 aliphatic carbocycles. The lowest BCUT2D eigenvalue weighted by atomic mass is 10.3. The van der Waals surface area contributed by atoms with Crippen molar-refractivity contribution in [2.24, 2.45) is 0 Å². The molecular formula is C17H16N2O3S. The van der Waals surface area contributed by atoms with Gasteiger partial charge in [0.2, 0.25) is 0 Å². The van der Waals surface area contributed by atoms with E-state index in [-0.39, 0.29) is 0 Å². The summed E-state index contributed by atoms with van der Waals surface area (Å²) in [4.78, 5) is 15.8. The van der Waals surface area contributed by atoms with E-state index in [1.54, 1.807) is 42.5 Å². The fourth-order valence-electron chi connectivity index (χ4n) is 2.05. The molecule has 0 saturated heterocycles. The van der Waals surface area contributed by atoms with Crippen LogP contribution >= 0.6 is 11.3 Å². The van der Waals surface area contributed by atoms with Crippen molar-refractivity contribution in [2.45, 2.75) is 13.5 Å². The lowest BCUT2D eigenvalue weighted by molar-refractivity contribution is 0.168. The summed E-state index contributed by atoms with van der Waals surface area (Å²) in [5.41, 5.74) is 1.65. The zero-order valence-electron chi connectivity index (χ0n) is 12.6. The lowest BCUT2D eigenvalue weighted by Gasteiger charge is -2.07. The third kappa shape index (κ3) is 3.98. The standard InChI is InChI=1S/C17H16N2O3S/c1-2-21-17(20)18-12-7-9-13(10-8-12)22-11-16-19-14-5-3-4-6-15(14)23-16/h3-10H,2,11H2,1H3,(H,18,20). The molecule has 3 rings (SSSR count). The first-order valence-corrected chi connectivity index (χ1v) is 8.07. The Morgan fingerprint density at radius 2 is 1.96 bits per heavy atom. The van der Waals surface area contributed by atoms with E-state index < -0.39 is 6.09 Å². The molecule has 0 atom stereocenters. The molecule has 2 aromatic carbocycles. The molecule has 1 aromatic heterocycles. The molecule has 3 aromatic rings. The van der Waals surface area contributed by atoms with Crippen LogP contribution in [-0.4, -0.2) is 17.7 Å². The number of ether oxygens (including phenoxy) is 2. The van der Waals surface area contributed by atoms with Crippen molar-refractivity contribution in [3.05, 3.63) is 53.5 Å². The van der Waals surface area contributed by atoms with Crippen molar-refractivity contribution >= 4 is 33.3 Å². The second kappa shape index (κ2) is 7.11. The number of carbonyl (C=O) groups excluding carboxylic acids is 1. The summed E-state index contributed by atoms with van der Waals surface area (Å²) in [6.45, 7) is 2.53. The topological polar surface area (TPSA) is 60.5 Å². The smallest absolute Gasteiger partial charge is 0.411 e. The van der Waals surface area contributed by atoms with Gasteiger partial charge in [-0.25, -0.2) is 9.78 Å². The molecule has 0 saturated carbocycles. The zero-order valence-corrected chi connectivity index (χ0v) is 13.4. The van der Waals surface area contributed by atoms with Crippen molar-refractivity contribution in [3.63, 3.8) is 0 Å². The SMILES string of the molecule is CCOC(=O)Nc1ccc(OCc2nc3ccccc3s2)cc1. The van der Waals surface area contributed by atoms with Crippen LogP contribution in [0.5, 0.6) is 5.75 Å². The maximum Gasteiger partial charge on any atom is 0.411 e. The number of aromatic nitrogens is 1. The maximum absolute atomic E-state index is 11.3. The normalized spacial score (nSPS) is 10.5. The summed E-state index contributed by atoms with van der Waals surface area (Å²) in [6, 6.07) is 15.2. The third-order valence-corrected chi connectivity index (χ3v) is 4.09. The molecular weight excluding hydrogens is 312 g/mol. The molecule has 1 heterocycles. The third-order valence-electron chi connectivity index (χ3n) is 3.08. The van der Waals surface area contributed by atoms with Crippen LogP contribution < -0.4 is 10.1 Å². The van der Waals surface area contributed by atoms with E-state index in [9.17, 15) is 4.79 Å². The summed E-state index contributed by atoms with van der Waals surface area (Å²) in [7, 11) is 0. The van der Waals surface area contributed by atoms with Crippen LogP contribution in [0, 0.1) is 0 Å². The number of anilines is 1. The van der Waals surface area contributed by atoms with Gasteiger partial charge in [0.15, 0.2) is 0 Å². The van der Waals surface area contributed by atoms with Crippen LogP contribution in [0.3, 0.4) is 0 Å². The predicted molar refractivity (Wildman–Crippen MR) is 91.0 cm³/mol. The van der Waals surface area contributed by atoms with E-state index in [2.05, 4.69) is 10.3 Å². The number of rotatable bonds is 5. The van der Waals surface area contributed by atoms with Crippen LogP contribution in [0.4, 0.5) is 10.5 Å². The Morgan fingerprint density at radius 1 is 1.17 bits per heavy atom. The minimum Gasteiger partial charge on any atom is -0.486 e. The first-order chi connectivity index (χ1) is 11.2. The zero-order chi connectivity index (χ0) is 16.1. The van der Waals surface area contributed by atoms with E-state index in [0.29, 0.717) is 18.9 Å². The van der Waals surface area contributed by atoms with Crippen molar-refractivity contribution < 1.29 is 14.3 Å². The summed E-state index contributed by atoms with van der Waals surface area (Å²) < 4.78 is 11.7. The van der Waals surface area contributed by atoms with Crippen molar-refractivity contribution in [1.29, 1.82) is 0 Å². The van der Waals surface area contributed by atoms with Crippen LogP contribution in [0.2, 0.25) is 0 Å². The molecule has 1 N–H and O–H groups in total. The Kier molecular flexibility index (Phi) is 4.73. The highest BCUT2D eigenvalue weighted by Crippen LogP contribution is 2.23. The number of carbonyl (C=O) groups is 1. The molecule has 0 spiro atoms. The summed E-state index contributed by atoms with van der Waals surface area (Å²) >= 11 is 1.62. The summed E-state index contributed by atoms with van der Waals surface area (Å²) in [6.07, 6.45) is -0.462. The molecule has 0 fully saturated rings. The number of hydrogen-bond donors (Lipinski definition) is 1. The molecule has 0 bridgehead atoms. The maximum atomic E-state index is 11.3. The van der Waals surface area contributed by atoms with Gasteiger partial charge in [0.05, 0.1) is 16.8 Å². The monoisotopic (exact) mass is 328 g/mol. The minimum atomic E-state index is -0.462. The number of hydrogen-bond acceptors (Lipinski definition) is 5. The fourth-order valence-corrected chi connectivity index (χ4v) is 2.93. The number of para-hydroxylation sites is 1. The Morgan fingerprint density at radius 3 is 2.70 bits per heavy atom. The van der Waals surface area contributed by atoms with Gasteiger partial charge in [0, 0.05) is 5.69 Å². The first-order valence-electron chi connectivity index (χ1n) is 7.25. The number of fused-ring (bicyclic) bond motifs is 1. The largest absolute Gasteiger partial charge is 0.486 e. The quantitative estimate of drug-likeness (QED) is 0.752. The number of thiazole rings is 1. The fraction of sp³-hybridized carbons (Fsp3) is 0.176. The highest BCUT2D eigenvalue weighted by Gasteiger charge is 2.05. The Bertz CT molecular complexity index is 766. The molecule has 0 radical (unpaired) electrons. The van der Waals surface area contributed by atoms with Gasteiger partial charge in [-0.15, -0.1) is 11.3 Å². The van der Waals surface area contributed by atoms with Gasteiger partial charge in [-0.1, -0.05) is 12.1 Å². The van der Waals surface area contributed by atoms with Gasteiger partial charge < -0.3 is 9.47 Å². The van der Waals surface area contributed by atoms with Crippen LogP contribution in [0.25, 0.3) is 10.2 Å². The van der Waals surface area contributed by atoms with Gasteiger partial charge in [-0.3, -0.25) is 5.32 Å². The number of amides is 1. The van der Waals surface area contributed by atoms with E-state index in [1.165, 1.54) is 0 Å². The van der Waals surface area contributed by atoms with Gasteiger partial charge in [-0.05, 0) is 43.3 Å². The second-order valence-corrected chi connectivity index (χ2v) is 5.85. The number of nitrogens with one attached hydrogen (secondary N) is 1. The number of benzene rings is 2. The van der Waals surface area contributed by atoms with Crippen LogP contribution in [0.1, 0.15) is 11.9 Å². The molecule has 0 unspecified atom stereocenters. The van der Waals surface area contributed by atoms with Gasteiger partial charge >= 0.3 is 6.09 Å². The van der Waals surface area contributed by atoms with Gasteiger partial charge in [-0.2, -0.15) is 0 Å². The summed E-state index contributed by atoms with van der Waals surface area (Å²) in [5, 5.41) is 3.57. The average molecular weight is 328 g/mol. The average Bonchev–Trinajstić information content (AvgIpc) is 2.97. The summed E-state index contributed by atoms with van der Waals surface area (Å²) in [5.74, 6) is 0.721. The van der Waals surface area contributed by atoms with Crippen LogP contribution in [0.15, 0.2) is 48.5 Å². The van der Waals surface area contributed by atoms with E-state index in [1.807, 2.05) is 24.3 Å². The first kappa shape index (κ1) is 15.3. The Balaban J connectivity index is 1.58. The van der Waals surface area contributed by atoms with Crippen molar-refractivity contribution in [3.8, 4) is 5.75 Å². The lowest BCUT2D eigenvalue weighted by Crippen LogP contribution is -2.13. The predicted octanol–water partition coefficient (Wildman–Crippen LogP) is 4.44. The van der Waals surface area contributed by atoms with Gasteiger partial charge in [0.1, 0.15) is 17.4 Å². The molecule has 23 heavy (non-hydrogen) atoms.